The summed E-state index contributed by atoms with van der Waals surface area (Å²) in [5.41, 5.74) is 11.0. The van der Waals surface area contributed by atoms with Crippen molar-refractivity contribution in [2.75, 3.05) is 0 Å². The van der Waals surface area contributed by atoms with Gasteiger partial charge < -0.3 is 8.98 Å². The number of hydrogen-bond donors (Lipinski definition) is 0. The first kappa shape index (κ1) is 32.8. The number of rotatable bonds is 4. The van der Waals surface area contributed by atoms with Gasteiger partial charge >= 0.3 is 0 Å². The molecule has 0 unspecified atom stereocenters. The van der Waals surface area contributed by atoms with Crippen LogP contribution < -0.4 is 0 Å². The number of aromatic nitrogens is 4. The molecule has 5 heteroatoms. The molecule has 7 aromatic carbocycles. The molecule has 270 valence electrons. The number of fused-ring (bicyclic) bond motifs is 8. The van der Waals surface area contributed by atoms with Gasteiger partial charge in [-0.1, -0.05) is 125 Å². The maximum absolute atomic E-state index is 6.30. The lowest BCUT2D eigenvalue weighted by Gasteiger charge is -2.42. The third-order valence-corrected chi connectivity index (χ3v) is 12.3. The SMILES string of the molecule is CC1(C)CCC(C)(C)c2cc3c(cc21)c1ccccc1n3-c1cccc(-c2nc(-c3ccc4ccccc4c3)nc(-c3cccc4oc5ccccc5c34)n2)c1. The number of para-hydroxylation sites is 2. The van der Waals surface area contributed by atoms with E-state index >= 15 is 0 Å². The van der Waals surface area contributed by atoms with Crippen LogP contribution in [0.3, 0.4) is 0 Å². The first-order valence-corrected chi connectivity index (χ1v) is 19.6. The average Bonchev–Trinajstić information content (AvgIpc) is 3.77. The Morgan fingerprint density at radius 1 is 0.482 bits per heavy atom. The van der Waals surface area contributed by atoms with Gasteiger partial charge in [-0.15, -0.1) is 0 Å². The van der Waals surface area contributed by atoms with E-state index in [1.54, 1.807) is 0 Å². The zero-order chi connectivity index (χ0) is 37.8. The van der Waals surface area contributed by atoms with Crippen LogP contribution in [0, 0.1) is 0 Å². The molecule has 0 N–H and O–H groups in total. The second-order valence-electron chi connectivity index (χ2n) is 16.7. The molecule has 10 aromatic rings. The molecule has 1 aliphatic carbocycles. The smallest absolute Gasteiger partial charge is 0.164 e. The van der Waals surface area contributed by atoms with Gasteiger partial charge in [0.05, 0.1) is 11.0 Å². The van der Waals surface area contributed by atoms with Crippen LogP contribution in [0.1, 0.15) is 51.7 Å². The molecule has 56 heavy (non-hydrogen) atoms. The van der Waals surface area contributed by atoms with Crippen molar-refractivity contribution in [1.82, 2.24) is 19.5 Å². The van der Waals surface area contributed by atoms with Gasteiger partial charge in [-0.25, -0.2) is 15.0 Å². The zero-order valence-electron chi connectivity index (χ0n) is 32.0. The Hall–Kier alpha value is -6.59. The number of hydrogen-bond acceptors (Lipinski definition) is 4. The van der Waals surface area contributed by atoms with E-state index in [9.17, 15) is 0 Å². The summed E-state index contributed by atoms with van der Waals surface area (Å²) in [6.45, 7) is 9.61. The summed E-state index contributed by atoms with van der Waals surface area (Å²) in [6.07, 6.45) is 2.34. The highest BCUT2D eigenvalue weighted by molar-refractivity contribution is 6.12. The second kappa shape index (κ2) is 12.0. The third kappa shape index (κ3) is 5.04. The molecule has 0 atom stereocenters. The van der Waals surface area contributed by atoms with Crippen molar-refractivity contribution in [2.24, 2.45) is 0 Å². The van der Waals surface area contributed by atoms with Gasteiger partial charge in [-0.3, -0.25) is 0 Å². The number of furan rings is 1. The predicted molar refractivity (Wildman–Crippen MR) is 231 cm³/mol. The average molecular weight is 725 g/mol. The molecule has 0 aliphatic heterocycles. The lowest BCUT2D eigenvalue weighted by Crippen LogP contribution is -2.33. The van der Waals surface area contributed by atoms with Crippen molar-refractivity contribution in [3.05, 3.63) is 157 Å². The molecule has 0 radical (unpaired) electrons. The molecule has 0 saturated heterocycles. The minimum atomic E-state index is 0.0891. The summed E-state index contributed by atoms with van der Waals surface area (Å²) in [4.78, 5) is 15.7. The lowest BCUT2D eigenvalue weighted by molar-refractivity contribution is 0.332. The third-order valence-electron chi connectivity index (χ3n) is 12.3. The van der Waals surface area contributed by atoms with Gasteiger partial charge in [0.15, 0.2) is 17.5 Å². The summed E-state index contributed by atoms with van der Waals surface area (Å²) in [7, 11) is 0. The van der Waals surface area contributed by atoms with Gasteiger partial charge in [0.25, 0.3) is 0 Å². The van der Waals surface area contributed by atoms with E-state index in [2.05, 4.69) is 148 Å². The summed E-state index contributed by atoms with van der Waals surface area (Å²) in [5, 5.41) is 6.90. The van der Waals surface area contributed by atoms with Crippen LogP contribution in [0.25, 0.3) is 94.4 Å². The molecule has 3 heterocycles. The van der Waals surface area contributed by atoms with E-state index in [4.69, 9.17) is 19.4 Å². The van der Waals surface area contributed by atoms with Crippen molar-refractivity contribution < 1.29 is 4.42 Å². The molecule has 0 saturated carbocycles. The molecular formula is C51H40N4O. The van der Waals surface area contributed by atoms with E-state index in [0.29, 0.717) is 17.5 Å². The van der Waals surface area contributed by atoms with Crippen molar-refractivity contribution in [2.45, 2.75) is 51.4 Å². The quantitative estimate of drug-likeness (QED) is 0.181. The van der Waals surface area contributed by atoms with Crippen LogP contribution in [-0.4, -0.2) is 19.5 Å². The molecule has 0 fully saturated rings. The molecule has 0 bridgehead atoms. The number of nitrogens with zero attached hydrogens (tertiary/aromatic N) is 4. The van der Waals surface area contributed by atoms with E-state index < -0.39 is 0 Å². The van der Waals surface area contributed by atoms with Crippen LogP contribution in [-0.2, 0) is 10.8 Å². The molecule has 0 amide bonds. The van der Waals surface area contributed by atoms with Crippen LogP contribution >= 0.6 is 0 Å². The minimum Gasteiger partial charge on any atom is -0.456 e. The Morgan fingerprint density at radius 2 is 1.12 bits per heavy atom. The Bertz CT molecular complexity index is 3220. The van der Waals surface area contributed by atoms with E-state index in [1.807, 2.05) is 30.3 Å². The van der Waals surface area contributed by atoms with Crippen LogP contribution in [0.5, 0.6) is 0 Å². The fourth-order valence-corrected chi connectivity index (χ4v) is 9.14. The largest absolute Gasteiger partial charge is 0.456 e. The standard InChI is InChI=1S/C51H40N4O/c1-50(2)25-26-51(3,4)41-30-43-39(29-40(41)50)36-17-7-9-20-42(36)55(43)35-16-11-15-33(28-35)47-52-48(34-24-23-31-13-5-6-14-32(31)27-34)54-49(53-47)38-19-12-22-45-46(38)37-18-8-10-21-44(37)56-45/h5-24,27-30H,25-26H2,1-4H3. The van der Waals surface area contributed by atoms with Gasteiger partial charge in [0, 0.05) is 43.9 Å². The van der Waals surface area contributed by atoms with Gasteiger partial charge in [-0.05, 0) is 94.1 Å². The molecule has 1 aliphatic rings. The first-order chi connectivity index (χ1) is 27.2. The Balaban J connectivity index is 1.14. The Labute approximate surface area is 325 Å². The maximum Gasteiger partial charge on any atom is 0.164 e. The monoisotopic (exact) mass is 724 g/mol. The minimum absolute atomic E-state index is 0.0891. The normalized spacial score (nSPS) is 14.9. The van der Waals surface area contributed by atoms with E-state index in [1.165, 1.54) is 44.7 Å². The molecule has 0 spiro atoms. The molecule has 5 nitrogen and oxygen atoms in total. The van der Waals surface area contributed by atoms with Crippen molar-refractivity contribution in [3.8, 4) is 39.9 Å². The number of benzene rings is 7. The topological polar surface area (TPSA) is 56.7 Å². The summed E-state index contributed by atoms with van der Waals surface area (Å²) in [5.74, 6) is 1.85. The fraction of sp³-hybridized carbons (Fsp3) is 0.157. The van der Waals surface area contributed by atoms with E-state index in [0.717, 1.165) is 56.1 Å². The Kier molecular flexibility index (Phi) is 7.00. The van der Waals surface area contributed by atoms with Crippen molar-refractivity contribution in [3.63, 3.8) is 0 Å². The highest BCUT2D eigenvalue weighted by Crippen LogP contribution is 2.48. The van der Waals surface area contributed by atoms with E-state index in [-0.39, 0.29) is 10.8 Å². The Morgan fingerprint density at radius 3 is 1.95 bits per heavy atom. The highest BCUT2D eigenvalue weighted by Gasteiger charge is 2.38. The van der Waals surface area contributed by atoms with Crippen LogP contribution in [0.2, 0.25) is 0 Å². The lowest BCUT2D eigenvalue weighted by atomic mass is 9.63. The highest BCUT2D eigenvalue weighted by atomic mass is 16.3. The zero-order valence-corrected chi connectivity index (χ0v) is 32.0. The molecular weight excluding hydrogens is 685 g/mol. The molecule has 3 aromatic heterocycles. The molecule has 11 rings (SSSR count). The van der Waals surface area contributed by atoms with Crippen molar-refractivity contribution in [1.29, 1.82) is 0 Å². The van der Waals surface area contributed by atoms with Crippen molar-refractivity contribution >= 4 is 54.5 Å². The maximum atomic E-state index is 6.30. The van der Waals surface area contributed by atoms with Crippen LogP contribution in [0.4, 0.5) is 0 Å². The summed E-state index contributed by atoms with van der Waals surface area (Å²) < 4.78 is 8.73. The van der Waals surface area contributed by atoms with Gasteiger partial charge in [0.1, 0.15) is 11.2 Å². The van der Waals surface area contributed by atoms with Crippen LogP contribution in [0.15, 0.2) is 150 Å². The predicted octanol–water partition coefficient (Wildman–Crippen LogP) is 13.4. The first-order valence-electron chi connectivity index (χ1n) is 19.6. The van der Waals surface area contributed by atoms with Gasteiger partial charge in [0.2, 0.25) is 0 Å². The summed E-state index contributed by atoms with van der Waals surface area (Å²) in [6, 6.07) is 51.5. The summed E-state index contributed by atoms with van der Waals surface area (Å²) >= 11 is 0. The fourth-order valence-electron chi connectivity index (χ4n) is 9.14. The second-order valence-corrected chi connectivity index (χ2v) is 16.7. The van der Waals surface area contributed by atoms with Gasteiger partial charge in [-0.2, -0.15) is 0 Å².